The number of hydrogen-bond acceptors (Lipinski definition) is 6. The molecule has 12 heteroatoms. The second-order valence-electron chi connectivity index (χ2n) is 9.24. The normalized spacial score (nSPS) is 23.9. The van der Waals surface area contributed by atoms with E-state index in [-0.39, 0.29) is 40.4 Å². The number of anilines is 1. The second-order valence-corrected chi connectivity index (χ2v) is 11.8. The van der Waals surface area contributed by atoms with Gasteiger partial charge in [-0.05, 0) is 42.9 Å². The van der Waals surface area contributed by atoms with Gasteiger partial charge in [-0.1, -0.05) is 31.9 Å². The summed E-state index contributed by atoms with van der Waals surface area (Å²) in [5.41, 5.74) is -1.97. The maximum atomic E-state index is 13.6. The summed E-state index contributed by atoms with van der Waals surface area (Å²) in [5.74, 6) is -7.28. The lowest BCUT2D eigenvalue weighted by molar-refractivity contribution is -0.156. The predicted molar refractivity (Wildman–Crippen MR) is 130 cm³/mol. The van der Waals surface area contributed by atoms with Crippen LogP contribution in [0.5, 0.6) is 0 Å². The van der Waals surface area contributed by atoms with E-state index in [1.54, 1.807) is 13.8 Å². The number of aliphatic hydroxyl groups is 1. The summed E-state index contributed by atoms with van der Waals surface area (Å²) in [6.45, 7) is 3.45. The third-order valence-electron chi connectivity index (χ3n) is 7.05. The molecule has 1 saturated carbocycles. The lowest BCUT2D eigenvalue weighted by Crippen LogP contribution is -2.52. The first kappa shape index (κ1) is 28.9. The Labute approximate surface area is 217 Å². The number of benzene rings is 2. The molecule has 0 unspecified atom stereocenters. The maximum absolute atomic E-state index is 13.6. The first-order chi connectivity index (χ1) is 17.2. The molecule has 3 rings (SSSR count). The van der Waals surface area contributed by atoms with E-state index in [4.69, 9.17) is 16.3 Å². The van der Waals surface area contributed by atoms with Crippen LogP contribution in [0.15, 0.2) is 35.2 Å². The average Bonchev–Trinajstić information content (AvgIpc) is 2.83. The van der Waals surface area contributed by atoms with Crippen LogP contribution in [0.2, 0.25) is 5.02 Å². The fourth-order valence-electron chi connectivity index (χ4n) is 4.89. The minimum atomic E-state index is -4.11. The van der Waals surface area contributed by atoms with E-state index in [9.17, 15) is 36.3 Å². The van der Waals surface area contributed by atoms with E-state index in [0.29, 0.717) is 18.6 Å². The highest BCUT2D eigenvalue weighted by atomic mass is 35.5. The van der Waals surface area contributed by atoms with E-state index in [0.717, 1.165) is 6.07 Å². The van der Waals surface area contributed by atoms with Gasteiger partial charge >= 0.3 is 5.97 Å². The SMILES string of the molecule is CC[C@@H]1C[C@@H](S(=O)(=O)c2cc(C(=O)Nc3cc(F)c(F)c(F)c3)ccc2Cl)C[C@H](C)[C@@]1(O)CC(=O)OC. The van der Waals surface area contributed by atoms with E-state index in [1.165, 1.54) is 19.2 Å². The Morgan fingerprint density at radius 3 is 2.35 bits per heavy atom. The zero-order chi connectivity index (χ0) is 27.7. The van der Waals surface area contributed by atoms with Gasteiger partial charge in [-0.2, -0.15) is 0 Å². The molecule has 1 aliphatic carbocycles. The topological polar surface area (TPSA) is 110 Å². The summed E-state index contributed by atoms with van der Waals surface area (Å²) in [7, 11) is -2.90. The molecule has 0 bridgehead atoms. The number of esters is 1. The van der Waals surface area contributed by atoms with Crippen LogP contribution in [0.25, 0.3) is 0 Å². The van der Waals surface area contributed by atoms with Gasteiger partial charge in [0.25, 0.3) is 5.91 Å². The van der Waals surface area contributed by atoms with Crippen LogP contribution in [0.4, 0.5) is 18.9 Å². The molecule has 0 heterocycles. The predicted octanol–water partition coefficient (Wildman–Crippen LogP) is 4.90. The first-order valence-corrected chi connectivity index (χ1v) is 13.5. The number of carbonyl (C=O) groups excluding carboxylic acids is 2. The number of sulfone groups is 1. The lowest BCUT2D eigenvalue weighted by Gasteiger charge is -2.46. The molecule has 7 nitrogen and oxygen atoms in total. The Morgan fingerprint density at radius 1 is 1.16 bits per heavy atom. The third-order valence-corrected chi connectivity index (χ3v) is 9.71. The molecule has 1 amide bonds. The zero-order valence-corrected chi connectivity index (χ0v) is 21.9. The number of nitrogens with one attached hydrogen (secondary N) is 1. The van der Waals surface area contributed by atoms with Gasteiger partial charge in [0.1, 0.15) is 0 Å². The Balaban J connectivity index is 1.90. The highest BCUT2D eigenvalue weighted by Gasteiger charge is 2.50. The van der Waals surface area contributed by atoms with Gasteiger partial charge in [0, 0.05) is 23.4 Å². The van der Waals surface area contributed by atoms with Gasteiger partial charge in [-0.15, -0.1) is 0 Å². The van der Waals surface area contributed by atoms with Crippen LogP contribution < -0.4 is 5.32 Å². The monoisotopic (exact) mass is 561 g/mol. The number of rotatable bonds is 7. The number of hydrogen-bond donors (Lipinski definition) is 2. The van der Waals surface area contributed by atoms with Crippen LogP contribution in [-0.4, -0.2) is 43.4 Å². The minimum Gasteiger partial charge on any atom is -0.469 e. The van der Waals surface area contributed by atoms with E-state index in [2.05, 4.69) is 5.32 Å². The van der Waals surface area contributed by atoms with Crippen LogP contribution >= 0.6 is 11.6 Å². The Morgan fingerprint density at radius 2 is 1.78 bits per heavy atom. The third kappa shape index (κ3) is 5.78. The van der Waals surface area contributed by atoms with Gasteiger partial charge in [-0.3, -0.25) is 9.59 Å². The minimum absolute atomic E-state index is 0.0349. The van der Waals surface area contributed by atoms with Crippen LogP contribution in [0.1, 0.15) is 49.9 Å². The van der Waals surface area contributed by atoms with Crippen LogP contribution in [0, 0.1) is 29.3 Å². The first-order valence-electron chi connectivity index (χ1n) is 11.5. The zero-order valence-electron chi connectivity index (χ0n) is 20.4. The summed E-state index contributed by atoms with van der Waals surface area (Å²) in [5, 5.41) is 12.4. The Hall–Kier alpha value is -2.63. The molecule has 1 fully saturated rings. The summed E-state index contributed by atoms with van der Waals surface area (Å²) >= 11 is 6.21. The Kier molecular flexibility index (Phi) is 8.60. The second kappa shape index (κ2) is 11.0. The van der Waals surface area contributed by atoms with Crippen molar-refractivity contribution in [2.45, 2.75) is 55.3 Å². The number of amides is 1. The smallest absolute Gasteiger partial charge is 0.308 e. The van der Waals surface area contributed by atoms with E-state index < -0.39 is 61.9 Å². The van der Waals surface area contributed by atoms with Crippen LogP contribution in [0.3, 0.4) is 0 Å². The molecule has 0 aliphatic heterocycles. The molecule has 2 N–H and O–H groups in total. The van der Waals surface area contributed by atoms with Crippen molar-refractivity contribution >= 4 is 39.0 Å². The molecular weight excluding hydrogens is 535 g/mol. The molecule has 37 heavy (non-hydrogen) atoms. The van der Waals surface area contributed by atoms with Gasteiger partial charge in [0.05, 0.1) is 34.3 Å². The van der Waals surface area contributed by atoms with Gasteiger partial charge < -0.3 is 15.2 Å². The molecule has 202 valence electrons. The highest BCUT2D eigenvalue weighted by Crippen LogP contribution is 2.46. The lowest BCUT2D eigenvalue weighted by atomic mass is 9.66. The van der Waals surface area contributed by atoms with Crippen molar-refractivity contribution in [1.82, 2.24) is 0 Å². The van der Waals surface area contributed by atoms with E-state index in [1.807, 2.05) is 0 Å². The van der Waals surface area contributed by atoms with Crippen molar-refractivity contribution in [3.63, 3.8) is 0 Å². The molecule has 2 aromatic rings. The van der Waals surface area contributed by atoms with Crippen molar-refractivity contribution in [3.8, 4) is 0 Å². The van der Waals surface area contributed by atoms with Gasteiger partial charge in [0.2, 0.25) is 0 Å². The van der Waals surface area contributed by atoms with Crippen molar-refractivity contribution in [3.05, 3.63) is 58.4 Å². The molecule has 0 spiro atoms. The summed E-state index contributed by atoms with van der Waals surface area (Å²) in [6.07, 6.45) is 0.229. The molecule has 0 saturated heterocycles. The number of carbonyl (C=O) groups is 2. The quantitative estimate of drug-likeness (QED) is 0.367. The Bertz CT molecular complexity index is 1300. The molecule has 1 aliphatic rings. The fourth-order valence-corrected chi connectivity index (χ4v) is 7.35. The van der Waals surface area contributed by atoms with Gasteiger partial charge in [-0.25, -0.2) is 21.6 Å². The molecule has 4 atom stereocenters. The number of halogens is 4. The number of ether oxygens (including phenoxy) is 1. The van der Waals surface area contributed by atoms with Crippen molar-refractivity contribution < 1.29 is 41.0 Å². The summed E-state index contributed by atoms with van der Waals surface area (Å²) in [4.78, 5) is 24.3. The summed E-state index contributed by atoms with van der Waals surface area (Å²) < 4.78 is 72.2. The molecular formula is C25H27ClF3NO6S. The van der Waals surface area contributed by atoms with Crippen molar-refractivity contribution in [2.24, 2.45) is 11.8 Å². The van der Waals surface area contributed by atoms with Gasteiger partial charge in [0.15, 0.2) is 27.3 Å². The van der Waals surface area contributed by atoms with Crippen molar-refractivity contribution in [2.75, 3.05) is 12.4 Å². The summed E-state index contributed by atoms with van der Waals surface area (Å²) in [6, 6.07) is 4.69. The fraction of sp³-hybridized carbons (Fsp3) is 0.440. The standard InChI is InChI=1S/C25H27ClF3NO6S/c1-4-15-9-17(7-13(2)25(15,33)12-22(31)36-3)37(34,35)21-8-14(5-6-18(21)26)24(32)30-16-10-19(27)23(29)20(28)11-16/h5-6,8,10-11,13,15,17,33H,4,7,9,12H2,1-3H3,(H,30,32)/t13-,15+,17-,25-/m0/s1. The van der Waals surface area contributed by atoms with E-state index >= 15 is 0 Å². The molecule has 0 radical (unpaired) electrons. The highest BCUT2D eigenvalue weighted by molar-refractivity contribution is 7.92. The largest absolute Gasteiger partial charge is 0.469 e. The molecule has 0 aromatic heterocycles. The maximum Gasteiger partial charge on any atom is 0.308 e. The van der Waals surface area contributed by atoms with Crippen molar-refractivity contribution in [1.29, 1.82) is 0 Å². The van der Waals surface area contributed by atoms with Crippen LogP contribution in [-0.2, 0) is 19.4 Å². The number of methoxy groups -OCH3 is 1. The molecule has 2 aromatic carbocycles. The average molecular weight is 562 g/mol.